The van der Waals surface area contributed by atoms with E-state index >= 15 is 0 Å². The quantitative estimate of drug-likeness (QED) is 0.0714. The number of amides is 2. The van der Waals surface area contributed by atoms with Crippen molar-refractivity contribution >= 4 is 45.5 Å². The summed E-state index contributed by atoms with van der Waals surface area (Å²) in [5, 5.41) is 17.2. The number of rotatable bonds is 12. The van der Waals surface area contributed by atoms with Gasteiger partial charge < -0.3 is 31.6 Å². The van der Waals surface area contributed by atoms with Gasteiger partial charge in [-0.15, -0.1) is 0 Å². The summed E-state index contributed by atoms with van der Waals surface area (Å²) >= 11 is 0. The van der Waals surface area contributed by atoms with Gasteiger partial charge in [0.05, 0.1) is 22.9 Å². The molecule has 4 heterocycles. The highest BCUT2D eigenvalue weighted by Gasteiger charge is 2.36. The first-order chi connectivity index (χ1) is 31.8. The highest BCUT2D eigenvalue weighted by Crippen LogP contribution is 2.40. The van der Waals surface area contributed by atoms with E-state index in [1.807, 2.05) is 112 Å². The fourth-order valence-corrected chi connectivity index (χ4v) is 8.26. The van der Waals surface area contributed by atoms with Crippen molar-refractivity contribution < 1.29 is 19.1 Å². The molecule has 4 aromatic carbocycles. The van der Waals surface area contributed by atoms with E-state index in [0.29, 0.717) is 81.6 Å². The maximum absolute atomic E-state index is 12.9. The summed E-state index contributed by atoms with van der Waals surface area (Å²) in [5.41, 5.74) is 17.9. The van der Waals surface area contributed by atoms with Gasteiger partial charge in [-0.3, -0.25) is 9.59 Å². The van der Waals surface area contributed by atoms with Crippen LogP contribution in [0.3, 0.4) is 0 Å². The van der Waals surface area contributed by atoms with E-state index in [-0.39, 0.29) is 36.0 Å². The van der Waals surface area contributed by atoms with Gasteiger partial charge in [-0.1, -0.05) is 42.8 Å². The summed E-state index contributed by atoms with van der Waals surface area (Å²) in [6, 6.07) is 32.5. The van der Waals surface area contributed by atoms with E-state index in [0.717, 1.165) is 35.3 Å². The molecule has 0 spiro atoms. The average Bonchev–Trinajstić information content (AvgIpc) is 3.87. The lowest BCUT2D eigenvalue weighted by Gasteiger charge is -2.35. The molecular formula is C49H42N12O4. The Labute approximate surface area is 372 Å². The first-order valence-electron chi connectivity index (χ1n) is 21.2. The molecule has 16 nitrogen and oxygen atoms in total. The van der Waals surface area contributed by atoms with E-state index in [9.17, 15) is 9.59 Å². The average molecular weight is 863 g/mol. The number of carbonyl (C=O) groups is 2. The molecule has 6 N–H and O–H groups in total. The molecule has 65 heavy (non-hydrogen) atoms. The number of fused-ring (bicyclic) bond motifs is 2. The van der Waals surface area contributed by atoms with Crippen LogP contribution in [0.15, 0.2) is 128 Å². The third kappa shape index (κ3) is 8.37. The number of para-hydroxylation sites is 1. The van der Waals surface area contributed by atoms with Gasteiger partial charge in [0, 0.05) is 29.6 Å². The minimum atomic E-state index is -0.337. The molecule has 322 valence electrons. The minimum absolute atomic E-state index is 0.0103. The summed E-state index contributed by atoms with van der Waals surface area (Å²) < 4.78 is 15.9. The van der Waals surface area contributed by atoms with Crippen molar-refractivity contribution in [1.29, 1.82) is 0 Å². The van der Waals surface area contributed by atoms with Crippen LogP contribution in [0.2, 0.25) is 0 Å². The van der Waals surface area contributed by atoms with Crippen molar-refractivity contribution in [1.82, 2.24) is 50.1 Å². The van der Waals surface area contributed by atoms with Crippen LogP contribution in [-0.4, -0.2) is 63.4 Å². The summed E-state index contributed by atoms with van der Waals surface area (Å²) in [7, 11) is 0. The van der Waals surface area contributed by atoms with Gasteiger partial charge in [0.25, 0.3) is 5.91 Å². The van der Waals surface area contributed by atoms with Crippen LogP contribution in [-0.2, 0) is 16.0 Å². The number of nitrogens with one attached hydrogen (secondary N) is 2. The number of nitrogens with zero attached hydrogens (tertiary/aromatic N) is 8. The molecule has 0 saturated heterocycles. The number of hydrogen-bond donors (Lipinski definition) is 4. The molecule has 0 bridgehead atoms. The lowest BCUT2D eigenvalue weighted by molar-refractivity contribution is -0.118. The Morgan fingerprint density at radius 3 is 1.72 bits per heavy atom. The Morgan fingerprint density at radius 2 is 1.17 bits per heavy atom. The van der Waals surface area contributed by atoms with Crippen LogP contribution >= 0.6 is 0 Å². The molecule has 16 heteroatoms. The SMILES string of the molecule is C=CC(=O)NC1CC(n2nc(-c3ccc(Oc4cccc(CC#CC(=O)NC5CC(n6nc(-c7ccc(Oc8ccccc8)cc7)c7c(N)ncnc76)C5)c4)cc3)c3c(N)ncnc32)C1. The Balaban J connectivity index is 0.741. The number of nitrogens with two attached hydrogens (primary N) is 2. The third-order valence-electron chi connectivity index (χ3n) is 11.7. The summed E-state index contributed by atoms with van der Waals surface area (Å²) in [4.78, 5) is 42.2. The maximum Gasteiger partial charge on any atom is 0.296 e. The van der Waals surface area contributed by atoms with Gasteiger partial charge in [0.15, 0.2) is 11.3 Å². The second-order valence-corrected chi connectivity index (χ2v) is 16.0. The Morgan fingerprint density at radius 1 is 0.662 bits per heavy atom. The molecule has 2 fully saturated rings. The van der Waals surface area contributed by atoms with Crippen LogP contribution in [0.1, 0.15) is 43.3 Å². The van der Waals surface area contributed by atoms with E-state index < -0.39 is 0 Å². The molecule has 10 rings (SSSR count). The topological polar surface area (TPSA) is 216 Å². The Bertz CT molecular complexity index is 3140. The van der Waals surface area contributed by atoms with Gasteiger partial charge in [0.2, 0.25) is 5.91 Å². The Kier molecular flexibility index (Phi) is 10.8. The second kappa shape index (κ2) is 17.3. The smallest absolute Gasteiger partial charge is 0.296 e. The first kappa shape index (κ1) is 40.5. The number of hydrogen-bond acceptors (Lipinski definition) is 12. The molecular weight excluding hydrogens is 821 g/mol. The highest BCUT2D eigenvalue weighted by atomic mass is 16.5. The van der Waals surface area contributed by atoms with Gasteiger partial charge in [-0.25, -0.2) is 29.3 Å². The van der Waals surface area contributed by atoms with Gasteiger partial charge >= 0.3 is 0 Å². The van der Waals surface area contributed by atoms with Crippen molar-refractivity contribution in [3.63, 3.8) is 0 Å². The van der Waals surface area contributed by atoms with E-state index in [4.69, 9.17) is 31.1 Å². The van der Waals surface area contributed by atoms with Crippen LogP contribution in [0.25, 0.3) is 44.6 Å². The van der Waals surface area contributed by atoms with Gasteiger partial charge in [-0.05, 0) is 116 Å². The maximum atomic E-state index is 12.9. The van der Waals surface area contributed by atoms with E-state index in [2.05, 4.69) is 49.0 Å². The number of benzene rings is 4. The zero-order valence-electron chi connectivity index (χ0n) is 35.0. The predicted octanol–water partition coefficient (Wildman–Crippen LogP) is 7.12. The molecule has 0 atom stereocenters. The molecule has 0 aliphatic heterocycles. The molecule has 0 unspecified atom stereocenters. The molecule has 0 radical (unpaired) electrons. The number of nitrogen functional groups attached to an aromatic ring is 2. The number of ether oxygens (including phenoxy) is 2. The second-order valence-electron chi connectivity index (χ2n) is 16.0. The van der Waals surface area contributed by atoms with Crippen LogP contribution in [0.4, 0.5) is 11.6 Å². The zero-order valence-corrected chi connectivity index (χ0v) is 35.0. The minimum Gasteiger partial charge on any atom is -0.457 e. The summed E-state index contributed by atoms with van der Waals surface area (Å²) in [6.07, 6.45) is 7.28. The molecule has 4 aromatic heterocycles. The van der Waals surface area contributed by atoms with Crippen molar-refractivity contribution in [2.75, 3.05) is 11.5 Å². The zero-order chi connectivity index (χ0) is 44.4. The van der Waals surface area contributed by atoms with Crippen LogP contribution in [0.5, 0.6) is 23.0 Å². The largest absolute Gasteiger partial charge is 0.457 e. The normalized spacial score (nSPS) is 17.5. The number of carbonyl (C=O) groups excluding carboxylic acids is 2. The Hall–Kier alpha value is -8.58. The number of anilines is 2. The van der Waals surface area contributed by atoms with Crippen LogP contribution in [0, 0.1) is 11.8 Å². The highest BCUT2D eigenvalue weighted by molar-refractivity contribution is 5.99. The summed E-state index contributed by atoms with van der Waals surface area (Å²) in [6.45, 7) is 3.53. The molecule has 2 aliphatic carbocycles. The van der Waals surface area contributed by atoms with Crippen molar-refractivity contribution in [2.45, 2.75) is 56.3 Å². The molecule has 2 aliphatic rings. The van der Waals surface area contributed by atoms with Gasteiger partial charge in [0.1, 0.15) is 58.7 Å². The van der Waals surface area contributed by atoms with Crippen molar-refractivity contribution in [2.24, 2.45) is 0 Å². The third-order valence-corrected chi connectivity index (χ3v) is 11.7. The number of aromatic nitrogens is 8. The summed E-state index contributed by atoms with van der Waals surface area (Å²) in [5.74, 6) is 8.62. The van der Waals surface area contributed by atoms with Crippen LogP contribution < -0.4 is 31.6 Å². The van der Waals surface area contributed by atoms with E-state index in [1.165, 1.54) is 18.7 Å². The fraction of sp³-hybridized carbons (Fsp3) is 0.184. The fourth-order valence-electron chi connectivity index (χ4n) is 8.26. The predicted molar refractivity (Wildman–Crippen MR) is 245 cm³/mol. The standard InChI is InChI=1S/C49H42N12O4/c1-2-40(62)56-32-23-34(24-32)60-48-43(47(51)52-27-54-48)45(58-60)31-16-20-38(21-17-31)65-39-12-6-8-29(22-39)9-7-13-41(63)57-33-25-35(26-33)61-49-42(46(50)53-28-55-49)44(59-61)30-14-18-37(19-15-30)64-36-10-4-3-5-11-36/h2-6,8,10-12,14-22,27-28,32-35H,1,9,23-26H2,(H,56,62)(H,57,63)(H2,50,53,55)(H2,51,52,54). The molecule has 2 saturated carbocycles. The van der Waals surface area contributed by atoms with Gasteiger partial charge in [-0.2, -0.15) is 10.2 Å². The lowest BCUT2D eigenvalue weighted by atomic mass is 9.87. The monoisotopic (exact) mass is 862 g/mol. The molecule has 2 amide bonds. The van der Waals surface area contributed by atoms with E-state index in [1.54, 1.807) is 0 Å². The first-order valence-corrected chi connectivity index (χ1v) is 21.2. The van der Waals surface area contributed by atoms with Crippen molar-refractivity contribution in [3.8, 4) is 57.4 Å². The molecule has 8 aromatic rings. The van der Waals surface area contributed by atoms with Crippen molar-refractivity contribution in [3.05, 3.63) is 134 Å². The lowest BCUT2D eigenvalue weighted by Crippen LogP contribution is -2.44.